The summed E-state index contributed by atoms with van der Waals surface area (Å²) >= 11 is 6.02. The zero-order chi connectivity index (χ0) is 18.2. The molecule has 146 valence electrons. The van der Waals surface area contributed by atoms with Crippen molar-refractivity contribution in [3.8, 4) is 0 Å². The zero-order valence-electron chi connectivity index (χ0n) is 15.7. The molecule has 2 atom stereocenters. The highest BCUT2D eigenvalue weighted by atomic mass is 35.5. The number of aromatic nitrogens is 2. The first kappa shape index (κ1) is 21.3. The molecule has 0 unspecified atom stereocenters. The van der Waals surface area contributed by atoms with Crippen molar-refractivity contribution in [1.29, 1.82) is 0 Å². The number of hydrogen-bond donors (Lipinski definition) is 1. The molecule has 0 aliphatic carbocycles. The number of methoxy groups -OCH3 is 1. The monoisotopic (exact) mass is 403 g/mol. The number of ether oxygens (including phenoxy) is 1. The van der Waals surface area contributed by atoms with E-state index >= 15 is 0 Å². The average Bonchev–Trinajstić information content (AvgIpc) is 2.81. The number of nitrogens with zero attached hydrogens (tertiary/aromatic N) is 4. The van der Waals surface area contributed by atoms with Crippen molar-refractivity contribution < 1.29 is 9.53 Å². The molecular weight excluding hydrogens is 377 g/mol. The molecule has 0 spiro atoms. The molecule has 0 saturated carbocycles. The van der Waals surface area contributed by atoms with Gasteiger partial charge in [-0.25, -0.2) is 0 Å². The molecule has 7 nitrogen and oxygen atoms in total. The fraction of sp³-hybridized carbons (Fsp3) is 0.706. The summed E-state index contributed by atoms with van der Waals surface area (Å²) in [6.45, 7) is 9.46. The second kappa shape index (κ2) is 8.35. The van der Waals surface area contributed by atoms with Crippen LogP contribution in [0.1, 0.15) is 26.5 Å². The van der Waals surface area contributed by atoms with Crippen molar-refractivity contribution in [2.24, 2.45) is 0 Å². The molecular formula is C17H27Cl2N5O2. The highest BCUT2D eigenvalue weighted by Crippen LogP contribution is 2.39. The summed E-state index contributed by atoms with van der Waals surface area (Å²) < 4.78 is 5.32. The van der Waals surface area contributed by atoms with Crippen LogP contribution in [0.15, 0.2) is 6.07 Å². The Morgan fingerprint density at radius 1 is 1.46 bits per heavy atom. The molecule has 9 heteroatoms. The second-order valence-corrected chi connectivity index (χ2v) is 8.00. The van der Waals surface area contributed by atoms with E-state index in [0.717, 1.165) is 24.5 Å². The van der Waals surface area contributed by atoms with E-state index in [-0.39, 0.29) is 29.8 Å². The SMILES string of the molecule is COC[C@H]1CN[C@H](C)CN1CC(=O)N1CC(C)(C)c2nnc(Cl)cc21.Cl. The number of hydrogen-bond acceptors (Lipinski definition) is 6. The van der Waals surface area contributed by atoms with Gasteiger partial charge in [0.05, 0.1) is 24.5 Å². The second-order valence-electron chi connectivity index (χ2n) is 7.61. The highest BCUT2D eigenvalue weighted by Gasteiger charge is 2.41. The molecule has 1 aromatic rings. The van der Waals surface area contributed by atoms with Crippen LogP contribution in [0.5, 0.6) is 0 Å². The van der Waals surface area contributed by atoms with E-state index < -0.39 is 0 Å². The van der Waals surface area contributed by atoms with E-state index in [1.807, 2.05) is 0 Å². The van der Waals surface area contributed by atoms with E-state index in [9.17, 15) is 4.79 Å². The lowest BCUT2D eigenvalue weighted by atomic mass is 9.92. The van der Waals surface area contributed by atoms with Gasteiger partial charge in [0.1, 0.15) is 0 Å². The van der Waals surface area contributed by atoms with Crippen LogP contribution in [-0.2, 0) is 14.9 Å². The molecule has 0 bridgehead atoms. The Morgan fingerprint density at radius 2 is 2.19 bits per heavy atom. The summed E-state index contributed by atoms with van der Waals surface area (Å²) in [4.78, 5) is 17.1. The number of rotatable bonds is 4. The number of amides is 1. The molecule has 0 aromatic carbocycles. The Hall–Kier alpha value is -0.990. The van der Waals surface area contributed by atoms with Crippen LogP contribution >= 0.6 is 24.0 Å². The number of anilines is 1. The predicted molar refractivity (Wildman–Crippen MR) is 104 cm³/mol. The van der Waals surface area contributed by atoms with Crippen molar-refractivity contribution in [2.45, 2.75) is 38.3 Å². The summed E-state index contributed by atoms with van der Waals surface area (Å²) in [6, 6.07) is 2.28. The Morgan fingerprint density at radius 3 is 2.88 bits per heavy atom. The third-order valence-electron chi connectivity index (χ3n) is 4.95. The Balaban J connectivity index is 0.00000243. The summed E-state index contributed by atoms with van der Waals surface area (Å²) in [7, 11) is 1.69. The topological polar surface area (TPSA) is 70.6 Å². The maximum atomic E-state index is 13.1. The van der Waals surface area contributed by atoms with Gasteiger partial charge < -0.3 is 15.0 Å². The van der Waals surface area contributed by atoms with Crippen LogP contribution in [0.25, 0.3) is 0 Å². The summed E-state index contributed by atoms with van der Waals surface area (Å²) in [5.74, 6) is 0.0612. The number of carbonyl (C=O) groups is 1. The fourth-order valence-electron chi connectivity index (χ4n) is 3.67. The molecule has 1 saturated heterocycles. The van der Waals surface area contributed by atoms with Crippen molar-refractivity contribution >= 4 is 35.6 Å². The van der Waals surface area contributed by atoms with Crippen LogP contribution in [0.2, 0.25) is 5.15 Å². The molecule has 1 aromatic heterocycles. The lowest BCUT2D eigenvalue weighted by Crippen LogP contribution is -2.59. The zero-order valence-corrected chi connectivity index (χ0v) is 17.2. The molecule has 3 heterocycles. The quantitative estimate of drug-likeness (QED) is 0.820. The van der Waals surface area contributed by atoms with Gasteiger partial charge in [-0.2, -0.15) is 5.10 Å². The number of fused-ring (bicyclic) bond motifs is 1. The normalized spacial score (nSPS) is 24.9. The van der Waals surface area contributed by atoms with Gasteiger partial charge in [0.25, 0.3) is 0 Å². The molecule has 2 aliphatic rings. The maximum Gasteiger partial charge on any atom is 0.241 e. The number of halogens is 2. The first-order chi connectivity index (χ1) is 11.8. The predicted octanol–water partition coefficient (Wildman–Crippen LogP) is 1.48. The smallest absolute Gasteiger partial charge is 0.241 e. The fourth-order valence-corrected chi connectivity index (χ4v) is 3.81. The molecule has 1 amide bonds. The van der Waals surface area contributed by atoms with Gasteiger partial charge in [-0.3, -0.25) is 9.69 Å². The Labute approximate surface area is 165 Å². The van der Waals surface area contributed by atoms with Gasteiger partial charge >= 0.3 is 0 Å². The van der Waals surface area contributed by atoms with Crippen LogP contribution in [-0.4, -0.2) is 73.0 Å². The van der Waals surface area contributed by atoms with E-state index in [4.69, 9.17) is 16.3 Å². The van der Waals surface area contributed by atoms with Gasteiger partial charge in [-0.1, -0.05) is 25.4 Å². The molecule has 0 radical (unpaired) electrons. The minimum Gasteiger partial charge on any atom is -0.383 e. The standard InChI is InChI=1S/C17H26ClN5O2.ClH/c1-11-7-22(12(6-19-11)9-25-4)8-15(24)23-10-17(2,3)16-13(23)5-14(18)20-21-16;/h5,11-12,19H,6-10H2,1-4H3;1H/t11-,12-;/m1./s1. The van der Waals surface area contributed by atoms with Gasteiger partial charge in [0.15, 0.2) is 5.15 Å². The van der Waals surface area contributed by atoms with Crippen LogP contribution in [0, 0.1) is 0 Å². The summed E-state index contributed by atoms with van der Waals surface area (Å²) in [5, 5.41) is 11.9. The van der Waals surface area contributed by atoms with E-state index in [2.05, 4.69) is 41.2 Å². The first-order valence-corrected chi connectivity index (χ1v) is 9.00. The Bertz CT molecular complexity index is 658. The first-order valence-electron chi connectivity index (χ1n) is 8.62. The lowest BCUT2D eigenvalue weighted by molar-refractivity contribution is -0.121. The van der Waals surface area contributed by atoms with Gasteiger partial charge in [0.2, 0.25) is 5.91 Å². The molecule has 2 aliphatic heterocycles. The highest BCUT2D eigenvalue weighted by molar-refractivity contribution is 6.29. The van der Waals surface area contributed by atoms with Gasteiger partial charge in [0, 0.05) is 50.3 Å². The molecule has 26 heavy (non-hydrogen) atoms. The van der Waals surface area contributed by atoms with E-state index in [0.29, 0.717) is 30.9 Å². The third kappa shape index (κ3) is 4.28. The van der Waals surface area contributed by atoms with Crippen molar-refractivity contribution in [3.05, 3.63) is 16.9 Å². The van der Waals surface area contributed by atoms with Gasteiger partial charge in [-0.15, -0.1) is 17.5 Å². The van der Waals surface area contributed by atoms with Crippen LogP contribution in [0.4, 0.5) is 5.69 Å². The molecule has 1 N–H and O–H groups in total. The Kier molecular flexibility index (Phi) is 6.85. The van der Waals surface area contributed by atoms with E-state index in [1.54, 1.807) is 18.1 Å². The number of piperazine rings is 1. The van der Waals surface area contributed by atoms with Crippen LogP contribution in [0.3, 0.4) is 0 Å². The van der Waals surface area contributed by atoms with E-state index in [1.165, 1.54) is 0 Å². The molecule has 1 fully saturated rings. The number of nitrogens with one attached hydrogen (secondary N) is 1. The summed E-state index contributed by atoms with van der Waals surface area (Å²) in [5.41, 5.74) is 1.37. The minimum atomic E-state index is -0.231. The summed E-state index contributed by atoms with van der Waals surface area (Å²) in [6.07, 6.45) is 0. The largest absolute Gasteiger partial charge is 0.383 e. The maximum absolute atomic E-state index is 13.1. The van der Waals surface area contributed by atoms with Crippen LogP contribution < -0.4 is 10.2 Å². The van der Waals surface area contributed by atoms with Crippen molar-refractivity contribution in [2.75, 3.05) is 44.8 Å². The average molecular weight is 404 g/mol. The molecule has 3 rings (SSSR count). The minimum absolute atomic E-state index is 0. The van der Waals surface area contributed by atoms with Crippen molar-refractivity contribution in [1.82, 2.24) is 20.4 Å². The van der Waals surface area contributed by atoms with Crippen molar-refractivity contribution in [3.63, 3.8) is 0 Å². The van der Waals surface area contributed by atoms with Gasteiger partial charge in [-0.05, 0) is 6.92 Å². The lowest BCUT2D eigenvalue weighted by Gasteiger charge is -2.39. The third-order valence-corrected chi connectivity index (χ3v) is 5.14. The number of carbonyl (C=O) groups excluding carboxylic acids is 1.